The number of carbonyl (C=O) groups is 1. The third kappa shape index (κ3) is 3.40. The molecule has 0 unspecified atom stereocenters. The fourth-order valence-corrected chi connectivity index (χ4v) is 3.02. The number of hydrogen-bond donors (Lipinski definition) is 1. The molecule has 1 aliphatic rings. The lowest BCUT2D eigenvalue weighted by Gasteiger charge is -2.38. The third-order valence-corrected chi connectivity index (χ3v) is 4.38. The summed E-state index contributed by atoms with van der Waals surface area (Å²) in [6.45, 7) is 1.71. The predicted molar refractivity (Wildman–Crippen MR) is 96.4 cm³/mol. The second-order valence-electron chi connectivity index (χ2n) is 6.13. The van der Waals surface area contributed by atoms with Crippen LogP contribution in [-0.4, -0.2) is 35.1 Å². The van der Waals surface area contributed by atoms with Crippen LogP contribution in [0, 0.1) is 0 Å². The number of rotatable bonds is 4. The minimum atomic E-state index is -0.0565. The molecule has 126 valence electrons. The number of fused-ring (bicyclic) bond motifs is 1. The van der Waals surface area contributed by atoms with Gasteiger partial charge < -0.3 is 15.0 Å². The lowest BCUT2D eigenvalue weighted by atomic mass is 10.0. The number of nitrogens with one attached hydrogen (secondary N) is 1. The van der Waals surface area contributed by atoms with Gasteiger partial charge in [0.05, 0.1) is 19.3 Å². The number of nitrogens with zero attached hydrogens (tertiary/aromatic N) is 2. The number of urea groups is 1. The highest BCUT2D eigenvalue weighted by atomic mass is 16.5. The molecule has 5 nitrogen and oxygen atoms in total. The van der Waals surface area contributed by atoms with Crippen molar-refractivity contribution < 1.29 is 9.53 Å². The number of likely N-dealkylation sites (tertiary alicyclic amines) is 1. The number of benzene rings is 2. The number of ether oxygens (including phenoxy) is 1. The van der Waals surface area contributed by atoms with E-state index in [0.29, 0.717) is 19.6 Å². The van der Waals surface area contributed by atoms with Crippen LogP contribution in [0.25, 0.3) is 10.8 Å². The van der Waals surface area contributed by atoms with Gasteiger partial charge in [0.15, 0.2) is 0 Å². The van der Waals surface area contributed by atoms with Crippen molar-refractivity contribution in [2.75, 3.05) is 13.1 Å². The van der Waals surface area contributed by atoms with Crippen LogP contribution in [-0.2, 0) is 6.54 Å². The molecule has 4 rings (SSSR count). The average Bonchev–Trinajstić information content (AvgIpc) is 2.63. The number of hydrogen-bond acceptors (Lipinski definition) is 3. The van der Waals surface area contributed by atoms with Crippen molar-refractivity contribution in [1.29, 1.82) is 0 Å². The molecular weight excluding hydrogens is 314 g/mol. The van der Waals surface area contributed by atoms with E-state index in [1.54, 1.807) is 17.3 Å². The van der Waals surface area contributed by atoms with E-state index < -0.39 is 0 Å². The van der Waals surface area contributed by atoms with Gasteiger partial charge in [-0.25, -0.2) is 4.79 Å². The van der Waals surface area contributed by atoms with Crippen LogP contribution >= 0.6 is 0 Å². The summed E-state index contributed by atoms with van der Waals surface area (Å²) < 4.78 is 5.77. The molecule has 0 spiro atoms. The fourth-order valence-electron chi connectivity index (χ4n) is 3.02. The Kier molecular flexibility index (Phi) is 4.21. The first-order valence-corrected chi connectivity index (χ1v) is 8.36. The number of pyridine rings is 1. The van der Waals surface area contributed by atoms with Gasteiger partial charge in [-0.05, 0) is 28.5 Å². The molecule has 1 saturated heterocycles. The summed E-state index contributed by atoms with van der Waals surface area (Å²) >= 11 is 0. The monoisotopic (exact) mass is 333 g/mol. The summed E-state index contributed by atoms with van der Waals surface area (Å²) in [6.07, 6.45) is 3.43. The SMILES string of the molecule is O=C(NCc1cccc2ccccc12)N1CC(Oc2cccnc2)C1. The van der Waals surface area contributed by atoms with Crippen LogP contribution in [0.4, 0.5) is 4.79 Å². The zero-order valence-electron chi connectivity index (χ0n) is 13.8. The number of carbonyl (C=O) groups excluding carboxylic acids is 1. The molecule has 1 aromatic heterocycles. The Labute approximate surface area is 146 Å². The molecule has 25 heavy (non-hydrogen) atoms. The Morgan fingerprint density at radius 3 is 2.80 bits per heavy atom. The molecule has 2 amide bonds. The minimum Gasteiger partial charge on any atom is -0.485 e. The first kappa shape index (κ1) is 15.4. The molecule has 1 N–H and O–H groups in total. The lowest BCUT2D eigenvalue weighted by Crippen LogP contribution is -2.58. The zero-order chi connectivity index (χ0) is 17.1. The summed E-state index contributed by atoms with van der Waals surface area (Å²) in [5.74, 6) is 0.739. The minimum absolute atomic E-state index is 0.0347. The van der Waals surface area contributed by atoms with Crippen molar-refractivity contribution in [3.05, 3.63) is 72.6 Å². The van der Waals surface area contributed by atoms with E-state index in [-0.39, 0.29) is 12.1 Å². The largest absolute Gasteiger partial charge is 0.485 e. The number of aromatic nitrogens is 1. The van der Waals surface area contributed by atoms with Gasteiger partial charge in [-0.1, -0.05) is 42.5 Å². The summed E-state index contributed by atoms with van der Waals surface area (Å²) in [5, 5.41) is 5.35. The van der Waals surface area contributed by atoms with Crippen molar-refractivity contribution in [3.63, 3.8) is 0 Å². The van der Waals surface area contributed by atoms with E-state index >= 15 is 0 Å². The maximum Gasteiger partial charge on any atom is 0.317 e. The van der Waals surface area contributed by atoms with Crippen LogP contribution in [0.5, 0.6) is 5.75 Å². The van der Waals surface area contributed by atoms with Crippen LogP contribution < -0.4 is 10.1 Å². The van der Waals surface area contributed by atoms with E-state index in [0.717, 1.165) is 11.3 Å². The topological polar surface area (TPSA) is 54.5 Å². The molecule has 0 aliphatic carbocycles. The summed E-state index contributed by atoms with van der Waals surface area (Å²) in [6, 6.07) is 18.0. The molecule has 3 aromatic rings. The average molecular weight is 333 g/mol. The fraction of sp³-hybridized carbons (Fsp3) is 0.200. The Balaban J connectivity index is 1.30. The van der Waals surface area contributed by atoms with Crippen LogP contribution in [0.15, 0.2) is 67.0 Å². The maximum absolute atomic E-state index is 12.3. The van der Waals surface area contributed by atoms with Crippen LogP contribution in [0.3, 0.4) is 0 Å². The van der Waals surface area contributed by atoms with Crippen molar-refractivity contribution in [3.8, 4) is 5.75 Å². The second kappa shape index (κ2) is 6.81. The van der Waals surface area contributed by atoms with E-state index in [1.807, 2.05) is 36.4 Å². The van der Waals surface area contributed by atoms with Crippen molar-refractivity contribution >= 4 is 16.8 Å². The summed E-state index contributed by atoms with van der Waals surface area (Å²) in [7, 11) is 0. The van der Waals surface area contributed by atoms with Gasteiger partial charge >= 0.3 is 6.03 Å². The normalized spacial score (nSPS) is 14.2. The quantitative estimate of drug-likeness (QED) is 0.798. The molecule has 1 fully saturated rings. The van der Waals surface area contributed by atoms with Crippen LogP contribution in [0.2, 0.25) is 0 Å². The van der Waals surface area contributed by atoms with Gasteiger partial charge in [0.2, 0.25) is 0 Å². The Hall–Kier alpha value is -3.08. The summed E-state index contributed by atoms with van der Waals surface area (Å²) in [4.78, 5) is 18.1. The van der Waals surface area contributed by atoms with E-state index in [1.165, 1.54) is 10.8 Å². The standard InChI is InChI=1S/C20H19N3O2/c24-20(23-13-18(14-23)25-17-8-4-10-21-12-17)22-11-16-7-3-6-15-5-1-2-9-19(15)16/h1-10,12,18H,11,13-14H2,(H,22,24). The Bertz CT molecular complexity index is 871. The van der Waals surface area contributed by atoms with Gasteiger partial charge in [0, 0.05) is 12.7 Å². The summed E-state index contributed by atoms with van der Waals surface area (Å²) in [5.41, 5.74) is 1.12. The maximum atomic E-state index is 12.3. The van der Waals surface area contributed by atoms with E-state index in [2.05, 4.69) is 28.5 Å². The van der Waals surface area contributed by atoms with Gasteiger partial charge in [0.25, 0.3) is 0 Å². The Morgan fingerprint density at radius 1 is 1.12 bits per heavy atom. The highest BCUT2D eigenvalue weighted by molar-refractivity contribution is 5.86. The zero-order valence-corrected chi connectivity index (χ0v) is 13.8. The molecule has 2 heterocycles. The Morgan fingerprint density at radius 2 is 1.96 bits per heavy atom. The molecule has 5 heteroatoms. The van der Waals surface area contributed by atoms with Crippen molar-refractivity contribution in [2.24, 2.45) is 0 Å². The lowest BCUT2D eigenvalue weighted by molar-refractivity contribution is 0.0441. The van der Waals surface area contributed by atoms with Gasteiger partial charge in [-0.2, -0.15) is 0 Å². The van der Waals surface area contributed by atoms with Crippen molar-refractivity contribution in [1.82, 2.24) is 15.2 Å². The number of amides is 2. The van der Waals surface area contributed by atoms with Gasteiger partial charge in [-0.3, -0.25) is 4.98 Å². The highest BCUT2D eigenvalue weighted by Crippen LogP contribution is 2.19. The molecule has 0 atom stereocenters. The first-order chi connectivity index (χ1) is 12.3. The molecule has 0 radical (unpaired) electrons. The predicted octanol–water partition coefficient (Wildman–Crippen LogP) is 3.21. The van der Waals surface area contributed by atoms with Gasteiger partial charge in [-0.15, -0.1) is 0 Å². The van der Waals surface area contributed by atoms with E-state index in [4.69, 9.17) is 4.74 Å². The molecule has 1 aliphatic heterocycles. The molecule has 2 aromatic carbocycles. The molecule has 0 bridgehead atoms. The van der Waals surface area contributed by atoms with Crippen LogP contribution in [0.1, 0.15) is 5.56 Å². The third-order valence-electron chi connectivity index (χ3n) is 4.38. The molecule has 0 saturated carbocycles. The molecular formula is C20H19N3O2. The second-order valence-corrected chi connectivity index (χ2v) is 6.13. The van der Waals surface area contributed by atoms with Crippen molar-refractivity contribution in [2.45, 2.75) is 12.6 Å². The highest BCUT2D eigenvalue weighted by Gasteiger charge is 2.32. The van der Waals surface area contributed by atoms with Gasteiger partial charge in [0.1, 0.15) is 11.9 Å². The van der Waals surface area contributed by atoms with E-state index in [9.17, 15) is 4.79 Å². The first-order valence-electron chi connectivity index (χ1n) is 8.36. The smallest absolute Gasteiger partial charge is 0.317 e.